The summed E-state index contributed by atoms with van der Waals surface area (Å²) in [6.45, 7) is 0.0741. The topological polar surface area (TPSA) is 91.3 Å². The molecule has 4 atom stereocenters. The fraction of sp³-hybridized carbons (Fsp3) is 0.231. The van der Waals surface area contributed by atoms with E-state index >= 15 is 0 Å². The van der Waals surface area contributed by atoms with Crippen LogP contribution < -0.4 is 0 Å². The lowest BCUT2D eigenvalue weighted by Crippen LogP contribution is -2.56. The number of carbonyl (C=O) groups excluding carboxylic acids is 2. The highest BCUT2D eigenvalue weighted by Crippen LogP contribution is 2.25. The van der Waals surface area contributed by atoms with Crippen LogP contribution in [0, 0.1) is 0 Å². The van der Waals surface area contributed by atoms with Gasteiger partial charge in [-0.2, -0.15) is 0 Å². The van der Waals surface area contributed by atoms with Gasteiger partial charge in [0.15, 0.2) is 18.5 Å². The third kappa shape index (κ3) is 5.84. The summed E-state index contributed by atoms with van der Waals surface area (Å²) in [6, 6.07) is 26.2. The van der Waals surface area contributed by atoms with E-state index in [1.165, 1.54) is 0 Å². The number of rotatable bonds is 7. The van der Waals surface area contributed by atoms with Gasteiger partial charge >= 0.3 is 11.9 Å². The fourth-order valence-corrected chi connectivity index (χ4v) is 3.43. The predicted molar refractivity (Wildman–Crippen MR) is 118 cm³/mol. The Bertz CT molecular complexity index is 1040. The molecule has 3 aromatic rings. The van der Waals surface area contributed by atoms with Gasteiger partial charge in [-0.3, -0.25) is 0 Å². The molecule has 1 saturated heterocycles. The van der Waals surface area contributed by atoms with Crippen LogP contribution in [0.1, 0.15) is 26.3 Å². The summed E-state index contributed by atoms with van der Waals surface area (Å²) >= 11 is 0. The van der Waals surface area contributed by atoms with Crippen LogP contribution in [0.15, 0.2) is 91.0 Å². The van der Waals surface area contributed by atoms with Gasteiger partial charge in [-0.15, -0.1) is 0 Å². The molecule has 1 aliphatic rings. The summed E-state index contributed by atoms with van der Waals surface area (Å²) < 4.78 is 22.6. The molecule has 7 nitrogen and oxygen atoms in total. The van der Waals surface area contributed by atoms with Gasteiger partial charge in [-0.25, -0.2) is 9.59 Å². The SMILES string of the molecule is O=C(O[C@H]1[C@@H](OCc2ccccc2)OC[C@@H](OC(=O)c2ccccc2)[C@@H]1O)c1ccccc1. The third-order valence-electron chi connectivity index (χ3n) is 5.19. The molecule has 0 aromatic heterocycles. The van der Waals surface area contributed by atoms with Crippen LogP contribution in [0.25, 0.3) is 0 Å². The molecule has 0 aliphatic carbocycles. The number of aliphatic hydroxyl groups is 1. The quantitative estimate of drug-likeness (QED) is 0.554. The Morgan fingerprint density at radius 2 is 1.30 bits per heavy atom. The van der Waals surface area contributed by atoms with Crippen LogP contribution >= 0.6 is 0 Å². The molecule has 0 unspecified atom stereocenters. The van der Waals surface area contributed by atoms with Crippen molar-refractivity contribution >= 4 is 11.9 Å². The number of hydrogen-bond donors (Lipinski definition) is 1. The zero-order chi connectivity index (χ0) is 23.0. The van der Waals surface area contributed by atoms with Crippen LogP contribution in [-0.2, 0) is 25.6 Å². The molecule has 0 saturated carbocycles. The van der Waals surface area contributed by atoms with E-state index in [1.54, 1.807) is 60.7 Å². The van der Waals surface area contributed by atoms with Crippen molar-refractivity contribution in [2.45, 2.75) is 31.2 Å². The van der Waals surface area contributed by atoms with Gasteiger partial charge < -0.3 is 24.1 Å². The number of ether oxygens (including phenoxy) is 4. The summed E-state index contributed by atoms with van der Waals surface area (Å²) in [5.41, 5.74) is 1.54. The monoisotopic (exact) mass is 448 g/mol. The van der Waals surface area contributed by atoms with Gasteiger partial charge in [0, 0.05) is 0 Å². The highest BCUT2D eigenvalue weighted by atomic mass is 16.7. The molecule has 0 amide bonds. The second-order valence-corrected chi connectivity index (χ2v) is 7.53. The molecule has 0 spiro atoms. The second kappa shape index (κ2) is 10.9. The maximum atomic E-state index is 12.7. The van der Waals surface area contributed by atoms with E-state index < -0.39 is 36.5 Å². The Balaban J connectivity index is 1.48. The third-order valence-corrected chi connectivity index (χ3v) is 5.19. The summed E-state index contributed by atoms with van der Waals surface area (Å²) in [7, 11) is 0. The van der Waals surface area contributed by atoms with Crippen molar-refractivity contribution in [3.8, 4) is 0 Å². The minimum atomic E-state index is -1.35. The summed E-state index contributed by atoms with van der Waals surface area (Å²) in [5, 5.41) is 11.0. The number of carbonyl (C=O) groups is 2. The second-order valence-electron chi connectivity index (χ2n) is 7.53. The Hall–Kier alpha value is -3.52. The van der Waals surface area contributed by atoms with Crippen molar-refractivity contribution in [1.29, 1.82) is 0 Å². The minimum absolute atomic E-state index is 0.113. The largest absolute Gasteiger partial charge is 0.453 e. The van der Waals surface area contributed by atoms with E-state index in [1.807, 2.05) is 30.3 Å². The molecular weight excluding hydrogens is 424 g/mol. The lowest BCUT2D eigenvalue weighted by molar-refractivity contribution is -0.272. The smallest absolute Gasteiger partial charge is 0.338 e. The molecule has 0 radical (unpaired) electrons. The first kappa shape index (κ1) is 22.7. The van der Waals surface area contributed by atoms with E-state index in [4.69, 9.17) is 18.9 Å². The van der Waals surface area contributed by atoms with Crippen molar-refractivity contribution in [2.24, 2.45) is 0 Å². The molecule has 4 rings (SSSR count). The van der Waals surface area contributed by atoms with E-state index in [0.29, 0.717) is 11.1 Å². The molecule has 33 heavy (non-hydrogen) atoms. The molecular formula is C26H24O7. The van der Waals surface area contributed by atoms with Gasteiger partial charge in [0.2, 0.25) is 0 Å². The number of esters is 2. The average Bonchev–Trinajstić information content (AvgIpc) is 2.87. The minimum Gasteiger partial charge on any atom is -0.453 e. The number of aliphatic hydroxyl groups excluding tert-OH is 1. The van der Waals surface area contributed by atoms with Crippen LogP contribution in [0.3, 0.4) is 0 Å². The van der Waals surface area contributed by atoms with Crippen molar-refractivity contribution in [3.05, 3.63) is 108 Å². The maximum Gasteiger partial charge on any atom is 0.338 e. The van der Waals surface area contributed by atoms with Crippen LogP contribution in [0.4, 0.5) is 0 Å². The molecule has 0 bridgehead atoms. The highest BCUT2D eigenvalue weighted by molar-refractivity contribution is 5.90. The zero-order valence-corrected chi connectivity index (χ0v) is 17.8. The number of benzene rings is 3. The van der Waals surface area contributed by atoms with Crippen LogP contribution in [0.2, 0.25) is 0 Å². The van der Waals surface area contributed by atoms with E-state index in [-0.39, 0.29) is 13.2 Å². The van der Waals surface area contributed by atoms with Crippen molar-refractivity contribution in [3.63, 3.8) is 0 Å². The Kier molecular flexibility index (Phi) is 7.47. The van der Waals surface area contributed by atoms with Gasteiger partial charge in [0.1, 0.15) is 6.10 Å². The summed E-state index contributed by atoms with van der Waals surface area (Å²) in [4.78, 5) is 25.1. The van der Waals surface area contributed by atoms with Gasteiger partial charge in [0.05, 0.1) is 24.3 Å². The summed E-state index contributed by atoms with van der Waals surface area (Å²) in [5.74, 6) is -1.26. The van der Waals surface area contributed by atoms with E-state index in [2.05, 4.69) is 0 Å². The first-order valence-corrected chi connectivity index (χ1v) is 10.6. The van der Waals surface area contributed by atoms with Crippen molar-refractivity contribution in [1.82, 2.24) is 0 Å². The van der Waals surface area contributed by atoms with Crippen molar-refractivity contribution in [2.75, 3.05) is 6.61 Å². The molecule has 170 valence electrons. The van der Waals surface area contributed by atoms with Gasteiger partial charge in [-0.1, -0.05) is 66.7 Å². The maximum absolute atomic E-state index is 12.7. The Morgan fingerprint density at radius 1 is 0.788 bits per heavy atom. The molecule has 7 heteroatoms. The van der Waals surface area contributed by atoms with E-state index in [9.17, 15) is 14.7 Å². The fourth-order valence-electron chi connectivity index (χ4n) is 3.43. The van der Waals surface area contributed by atoms with Gasteiger partial charge in [-0.05, 0) is 29.8 Å². The Labute approximate surface area is 191 Å². The molecule has 1 heterocycles. The first-order valence-electron chi connectivity index (χ1n) is 10.6. The van der Waals surface area contributed by atoms with Crippen molar-refractivity contribution < 1.29 is 33.6 Å². The van der Waals surface area contributed by atoms with Gasteiger partial charge in [0.25, 0.3) is 0 Å². The van der Waals surface area contributed by atoms with Crippen LogP contribution in [-0.4, -0.2) is 48.3 Å². The predicted octanol–water partition coefficient (Wildman–Crippen LogP) is 3.37. The standard InChI is InChI=1S/C26H24O7/c27-22-21(32-24(28)19-12-6-2-7-13-19)17-31-26(30-16-18-10-4-1-5-11-18)23(22)33-25(29)20-14-8-3-9-15-20/h1-15,21-23,26-27H,16-17H2/t21-,22+,23-,26+/m1/s1. The first-order chi connectivity index (χ1) is 16.1. The average molecular weight is 448 g/mol. The van der Waals surface area contributed by atoms with E-state index in [0.717, 1.165) is 5.56 Å². The lowest BCUT2D eigenvalue weighted by Gasteiger charge is -2.38. The van der Waals surface area contributed by atoms with Crippen LogP contribution in [0.5, 0.6) is 0 Å². The lowest BCUT2D eigenvalue weighted by atomic mass is 10.0. The Morgan fingerprint density at radius 3 is 1.88 bits per heavy atom. The molecule has 1 aliphatic heterocycles. The molecule has 1 fully saturated rings. The molecule has 3 aromatic carbocycles. The molecule has 1 N–H and O–H groups in total. The summed E-state index contributed by atoms with van der Waals surface area (Å²) in [6.07, 6.45) is -4.63. The number of hydrogen-bond acceptors (Lipinski definition) is 7. The highest BCUT2D eigenvalue weighted by Gasteiger charge is 2.45. The zero-order valence-electron chi connectivity index (χ0n) is 17.8. The normalized spacial score (nSPS) is 22.3.